The molecule has 0 radical (unpaired) electrons. The Hall–Kier alpha value is -3.17. The van der Waals surface area contributed by atoms with Crippen LogP contribution in [0.15, 0.2) is 78.9 Å². The highest BCUT2D eigenvalue weighted by Crippen LogP contribution is 2.24. The lowest BCUT2D eigenvalue weighted by Crippen LogP contribution is -2.44. The van der Waals surface area contributed by atoms with Gasteiger partial charge in [0.15, 0.2) is 5.78 Å². The number of rotatable bonds is 8. The summed E-state index contributed by atoms with van der Waals surface area (Å²) in [6.45, 7) is 3.35. The summed E-state index contributed by atoms with van der Waals surface area (Å²) in [5.41, 5.74) is 1.53. The number of para-hydroxylation sites is 2. The fourth-order valence-corrected chi connectivity index (χ4v) is 6.72. The van der Waals surface area contributed by atoms with E-state index in [9.17, 15) is 21.6 Å². The van der Waals surface area contributed by atoms with Crippen molar-refractivity contribution >= 4 is 37.2 Å². The zero-order valence-electron chi connectivity index (χ0n) is 16.9. The van der Waals surface area contributed by atoms with Gasteiger partial charge in [-0.2, -0.15) is 0 Å². The van der Waals surface area contributed by atoms with Crippen LogP contribution in [-0.2, 0) is 20.0 Å². The molecule has 3 aromatic carbocycles. The topological polar surface area (TPSA) is 109 Å². The number of benzene rings is 3. The van der Waals surface area contributed by atoms with Crippen LogP contribution in [0.5, 0.6) is 0 Å². The highest BCUT2D eigenvalue weighted by molar-refractivity contribution is 8.11. The largest absolute Gasteiger partial charge is 0.291 e. The van der Waals surface area contributed by atoms with Crippen molar-refractivity contribution in [3.8, 4) is 0 Å². The summed E-state index contributed by atoms with van der Waals surface area (Å²) in [5.74, 6) is -1.05. The summed E-state index contributed by atoms with van der Waals surface area (Å²) in [7, 11) is -9.37. The van der Waals surface area contributed by atoms with E-state index < -0.39 is 30.4 Å². The second kappa shape index (κ2) is 8.91. The monoisotopic (exact) mass is 458 g/mol. The Morgan fingerprint density at radius 1 is 0.645 bits per heavy atom. The van der Waals surface area contributed by atoms with E-state index in [1.54, 1.807) is 56.3 Å². The number of Topliss-reactive ketones (excluding diaryl/α,β-unsaturated/α-hetero) is 1. The van der Waals surface area contributed by atoms with Gasteiger partial charge in [-0.1, -0.05) is 66.7 Å². The SMILES string of the molecule is Cc1ccccc1NS(=O)(=O)C(C(=O)c1ccccc1)S(=O)(=O)Nc1ccccc1C. The Morgan fingerprint density at radius 3 is 1.45 bits per heavy atom. The molecule has 0 heterocycles. The molecule has 3 aromatic rings. The first-order valence-electron chi connectivity index (χ1n) is 9.35. The maximum atomic E-state index is 13.2. The molecule has 0 aliphatic rings. The lowest BCUT2D eigenvalue weighted by Gasteiger charge is -2.20. The average molecular weight is 459 g/mol. The van der Waals surface area contributed by atoms with Gasteiger partial charge in [-0.15, -0.1) is 0 Å². The van der Waals surface area contributed by atoms with Crippen LogP contribution in [0, 0.1) is 13.8 Å². The number of hydrogen-bond donors (Lipinski definition) is 2. The highest BCUT2D eigenvalue weighted by Gasteiger charge is 2.45. The summed E-state index contributed by atoms with van der Waals surface area (Å²) in [4.78, 5) is 13.2. The first kappa shape index (κ1) is 22.5. The zero-order valence-corrected chi connectivity index (χ0v) is 18.6. The van der Waals surface area contributed by atoms with Crippen molar-refractivity contribution in [1.82, 2.24) is 0 Å². The summed E-state index contributed by atoms with van der Waals surface area (Å²) in [6, 6.07) is 20.5. The van der Waals surface area contributed by atoms with Crippen LogP contribution in [0.1, 0.15) is 21.5 Å². The van der Waals surface area contributed by atoms with Gasteiger partial charge in [-0.05, 0) is 37.1 Å². The molecule has 3 rings (SSSR count). The van der Waals surface area contributed by atoms with Crippen molar-refractivity contribution in [3.05, 3.63) is 95.6 Å². The van der Waals surface area contributed by atoms with Crippen molar-refractivity contribution in [3.63, 3.8) is 0 Å². The number of carbonyl (C=O) groups excluding carboxylic acids is 1. The molecule has 0 amide bonds. The molecule has 2 N–H and O–H groups in total. The minimum atomic E-state index is -4.69. The summed E-state index contributed by atoms with van der Waals surface area (Å²) < 4.78 is 55.1. The van der Waals surface area contributed by atoms with Crippen LogP contribution in [-0.4, -0.2) is 27.2 Å². The minimum absolute atomic E-state index is 0.0298. The van der Waals surface area contributed by atoms with Crippen LogP contribution in [0.2, 0.25) is 0 Å². The maximum absolute atomic E-state index is 13.2. The summed E-state index contributed by atoms with van der Waals surface area (Å²) in [6.07, 6.45) is 0. The van der Waals surface area contributed by atoms with Crippen LogP contribution < -0.4 is 9.44 Å². The fraction of sp³-hybridized carbons (Fsp3) is 0.136. The van der Waals surface area contributed by atoms with Crippen LogP contribution in [0.25, 0.3) is 0 Å². The molecule has 7 nitrogen and oxygen atoms in total. The average Bonchev–Trinajstić information content (AvgIpc) is 2.71. The first-order valence-corrected chi connectivity index (χ1v) is 12.4. The van der Waals surface area contributed by atoms with E-state index in [1.165, 1.54) is 36.4 Å². The number of carbonyl (C=O) groups is 1. The van der Waals surface area contributed by atoms with Crippen molar-refractivity contribution < 1.29 is 21.6 Å². The maximum Gasteiger partial charge on any atom is 0.262 e. The Balaban J connectivity index is 2.09. The first-order chi connectivity index (χ1) is 14.6. The van der Waals surface area contributed by atoms with Gasteiger partial charge >= 0.3 is 0 Å². The van der Waals surface area contributed by atoms with E-state index in [4.69, 9.17) is 0 Å². The molecule has 31 heavy (non-hydrogen) atoms. The number of nitrogens with one attached hydrogen (secondary N) is 2. The molecule has 162 valence electrons. The lowest BCUT2D eigenvalue weighted by atomic mass is 10.1. The molecule has 0 spiro atoms. The second-order valence-corrected chi connectivity index (χ2v) is 10.8. The van der Waals surface area contributed by atoms with Crippen molar-refractivity contribution in [2.24, 2.45) is 0 Å². The molecule has 0 aliphatic carbocycles. The number of aryl methyl sites for hydroxylation is 2. The Labute approximate surface area is 182 Å². The Bertz CT molecular complexity index is 1230. The van der Waals surface area contributed by atoms with Crippen molar-refractivity contribution in [2.45, 2.75) is 18.4 Å². The molecule has 0 aliphatic heterocycles. The predicted molar refractivity (Wildman–Crippen MR) is 122 cm³/mol. The second-order valence-electron chi connectivity index (χ2n) is 6.99. The molecule has 0 unspecified atom stereocenters. The summed E-state index contributed by atoms with van der Waals surface area (Å²) >= 11 is 0. The van der Waals surface area contributed by atoms with Crippen molar-refractivity contribution in [2.75, 3.05) is 9.44 Å². The van der Waals surface area contributed by atoms with E-state index in [-0.39, 0.29) is 16.9 Å². The van der Waals surface area contributed by atoms with E-state index in [0.29, 0.717) is 11.1 Å². The molecule has 0 fully saturated rings. The quantitative estimate of drug-likeness (QED) is 0.500. The minimum Gasteiger partial charge on any atom is -0.291 e. The van der Waals surface area contributed by atoms with E-state index in [1.807, 2.05) is 0 Å². The number of ketones is 1. The van der Waals surface area contributed by atoms with Gasteiger partial charge in [0.2, 0.25) is 0 Å². The normalized spacial score (nSPS) is 11.8. The molecule has 0 aromatic heterocycles. The standard InChI is InChI=1S/C22H22N2O5S2/c1-16-10-6-8-14-19(16)23-30(26,27)22(21(25)18-12-4-3-5-13-18)31(28,29)24-20-15-9-7-11-17(20)2/h3-15,22-24H,1-2H3. The van der Waals surface area contributed by atoms with Crippen LogP contribution >= 0.6 is 0 Å². The molecular formula is C22H22N2O5S2. The number of sulfonamides is 2. The molecular weight excluding hydrogens is 436 g/mol. The molecule has 0 saturated heterocycles. The van der Waals surface area contributed by atoms with Gasteiger partial charge in [0, 0.05) is 5.56 Å². The third kappa shape index (κ3) is 5.12. The molecule has 0 saturated carbocycles. The van der Waals surface area contributed by atoms with Gasteiger partial charge in [0.05, 0.1) is 11.4 Å². The van der Waals surface area contributed by atoms with Gasteiger partial charge in [0.1, 0.15) is 0 Å². The van der Waals surface area contributed by atoms with Gasteiger partial charge < -0.3 is 0 Å². The zero-order chi connectivity index (χ0) is 22.6. The number of hydrogen-bond acceptors (Lipinski definition) is 5. The number of anilines is 2. The van der Waals surface area contributed by atoms with Crippen molar-refractivity contribution in [1.29, 1.82) is 0 Å². The summed E-state index contributed by atoms with van der Waals surface area (Å²) in [5, 5.41) is 0. The fourth-order valence-electron chi connectivity index (χ4n) is 2.98. The van der Waals surface area contributed by atoms with Gasteiger partial charge in [0.25, 0.3) is 24.6 Å². The molecule has 9 heteroatoms. The lowest BCUT2D eigenvalue weighted by molar-refractivity contribution is 0.101. The van der Waals surface area contributed by atoms with E-state index in [0.717, 1.165) is 0 Å². The Kier molecular flexibility index (Phi) is 6.47. The van der Waals surface area contributed by atoms with Gasteiger partial charge in [-0.3, -0.25) is 14.2 Å². The molecule has 0 atom stereocenters. The highest BCUT2D eigenvalue weighted by atomic mass is 32.3. The molecule has 0 bridgehead atoms. The van der Waals surface area contributed by atoms with E-state index >= 15 is 0 Å². The van der Waals surface area contributed by atoms with E-state index in [2.05, 4.69) is 9.44 Å². The third-order valence-electron chi connectivity index (χ3n) is 4.63. The third-order valence-corrected chi connectivity index (χ3v) is 8.72. The predicted octanol–water partition coefficient (Wildman–Crippen LogP) is 3.70. The van der Waals surface area contributed by atoms with Gasteiger partial charge in [-0.25, -0.2) is 16.8 Å². The van der Waals surface area contributed by atoms with Crippen LogP contribution in [0.4, 0.5) is 11.4 Å². The smallest absolute Gasteiger partial charge is 0.262 e. The Morgan fingerprint density at radius 2 is 1.03 bits per heavy atom. The van der Waals surface area contributed by atoms with Crippen LogP contribution in [0.3, 0.4) is 0 Å².